The van der Waals surface area contributed by atoms with Crippen molar-refractivity contribution in [3.05, 3.63) is 36.4 Å². The van der Waals surface area contributed by atoms with Gasteiger partial charge in [-0.2, -0.15) is 4.98 Å². The summed E-state index contributed by atoms with van der Waals surface area (Å²) < 4.78 is 7.02. The standard InChI is InChI=1S/C22H29N7O3/c1-8-28(15-10-9-11-23-12-15)19(30)16-13-24-18(27(16)7)17-25-21(32-26-17)29(14(2)3)20(31)22(4,5)6/h9-14H,8H2,1-7H3. The third kappa shape index (κ3) is 4.39. The van der Waals surface area contributed by atoms with E-state index in [0.29, 0.717) is 23.8 Å². The fourth-order valence-corrected chi connectivity index (χ4v) is 3.22. The average molecular weight is 440 g/mol. The van der Waals surface area contributed by atoms with Crippen LogP contribution in [0, 0.1) is 5.41 Å². The van der Waals surface area contributed by atoms with E-state index in [-0.39, 0.29) is 29.7 Å². The van der Waals surface area contributed by atoms with Gasteiger partial charge in [0.05, 0.1) is 18.1 Å². The van der Waals surface area contributed by atoms with Crippen LogP contribution in [-0.4, -0.2) is 49.1 Å². The molecule has 2 amide bonds. The Morgan fingerprint density at radius 3 is 2.50 bits per heavy atom. The molecule has 0 atom stereocenters. The van der Waals surface area contributed by atoms with Crippen LogP contribution >= 0.6 is 0 Å². The molecule has 3 heterocycles. The first kappa shape index (κ1) is 23.1. The number of anilines is 2. The van der Waals surface area contributed by atoms with E-state index in [2.05, 4.69) is 20.1 Å². The van der Waals surface area contributed by atoms with Gasteiger partial charge in [-0.1, -0.05) is 25.9 Å². The first-order valence-electron chi connectivity index (χ1n) is 10.5. The lowest BCUT2D eigenvalue weighted by atomic mass is 9.94. The number of nitrogens with zero attached hydrogens (tertiary/aromatic N) is 7. The number of hydrogen-bond donors (Lipinski definition) is 0. The third-order valence-electron chi connectivity index (χ3n) is 4.92. The lowest BCUT2D eigenvalue weighted by Gasteiger charge is -2.28. The summed E-state index contributed by atoms with van der Waals surface area (Å²) in [6.45, 7) is 11.6. The molecular formula is C22H29N7O3. The summed E-state index contributed by atoms with van der Waals surface area (Å²) in [6.07, 6.45) is 4.77. The van der Waals surface area contributed by atoms with E-state index in [9.17, 15) is 9.59 Å². The van der Waals surface area contributed by atoms with Crippen molar-refractivity contribution in [1.82, 2.24) is 24.7 Å². The predicted molar refractivity (Wildman–Crippen MR) is 120 cm³/mol. The Balaban J connectivity index is 1.93. The Hall–Kier alpha value is -3.56. The van der Waals surface area contributed by atoms with Crippen LogP contribution in [0.25, 0.3) is 11.6 Å². The summed E-state index contributed by atoms with van der Waals surface area (Å²) in [7, 11) is 1.71. The van der Waals surface area contributed by atoms with E-state index in [1.807, 2.05) is 47.6 Å². The first-order chi connectivity index (χ1) is 15.1. The zero-order valence-electron chi connectivity index (χ0n) is 19.5. The minimum Gasteiger partial charge on any atom is -0.320 e. The van der Waals surface area contributed by atoms with Crippen molar-refractivity contribution in [2.75, 3.05) is 16.3 Å². The molecule has 3 rings (SSSR count). The highest BCUT2D eigenvalue weighted by molar-refractivity contribution is 6.05. The normalized spacial score (nSPS) is 11.6. The van der Waals surface area contributed by atoms with E-state index < -0.39 is 5.41 Å². The van der Waals surface area contributed by atoms with E-state index >= 15 is 0 Å². The predicted octanol–water partition coefficient (Wildman–Crippen LogP) is 3.32. The third-order valence-corrected chi connectivity index (χ3v) is 4.92. The summed E-state index contributed by atoms with van der Waals surface area (Å²) in [5, 5.41) is 4.01. The molecule has 0 spiro atoms. The number of rotatable bonds is 6. The number of aromatic nitrogens is 5. The van der Waals surface area contributed by atoms with Crippen LogP contribution in [0.2, 0.25) is 0 Å². The van der Waals surface area contributed by atoms with Gasteiger partial charge in [-0.25, -0.2) is 4.98 Å². The van der Waals surface area contributed by atoms with Gasteiger partial charge in [0.25, 0.3) is 5.91 Å². The minimum atomic E-state index is -0.613. The lowest BCUT2D eigenvalue weighted by Crippen LogP contribution is -2.44. The second-order valence-electron chi connectivity index (χ2n) is 8.71. The van der Waals surface area contributed by atoms with Crippen LogP contribution < -0.4 is 9.80 Å². The maximum atomic E-state index is 13.2. The molecule has 0 bridgehead atoms. The van der Waals surface area contributed by atoms with Crippen LogP contribution in [0.15, 0.2) is 35.2 Å². The van der Waals surface area contributed by atoms with Crippen molar-refractivity contribution >= 4 is 23.5 Å². The largest absolute Gasteiger partial charge is 0.331 e. The monoisotopic (exact) mass is 439 g/mol. The van der Waals surface area contributed by atoms with Gasteiger partial charge in [-0.3, -0.25) is 19.5 Å². The van der Waals surface area contributed by atoms with Gasteiger partial charge in [0.1, 0.15) is 5.69 Å². The molecule has 3 aromatic rings. The number of hydrogen-bond acceptors (Lipinski definition) is 7. The van der Waals surface area contributed by atoms with Gasteiger partial charge in [0, 0.05) is 31.2 Å². The highest BCUT2D eigenvalue weighted by Gasteiger charge is 2.34. The summed E-state index contributed by atoms with van der Waals surface area (Å²) in [5.41, 5.74) is 0.443. The van der Waals surface area contributed by atoms with E-state index in [4.69, 9.17) is 4.52 Å². The highest BCUT2D eigenvalue weighted by Crippen LogP contribution is 2.27. The van der Waals surface area contributed by atoms with Crippen LogP contribution in [-0.2, 0) is 11.8 Å². The SMILES string of the molecule is CCN(C(=O)c1cnc(-c2noc(N(C(=O)C(C)(C)C)C(C)C)n2)n1C)c1cccnc1. The fraction of sp³-hybridized carbons (Fsp3) is 0.455. The first-order valence-corrected chi connectivity index (χ1v) is 10.5. The molecule has 0 aromatic carbocycles. The number of amides is 2. The topological polar surface area (TPSA) is 110 Å². The molecule has 0 aliphatic rings. The summed E-state index contributed by atoms with van der Waals surface area (Å²) in [4.78, 5) is 42.0. The van der Waals surface area contributed by atoms with Crippen molar-refractivity contribution in [3.63, 3.8) is 0 Å². The number of imidazole rings is 1. The molecule has 0 saturated carbocycles. The molecule has 32 heavy (non-hydrogen) atoms. The molecule has 0 unspecified atom stereocenters. The van der Waals surface area contributed by atoms with Gasteiger partial charge >= 0.3 is 6.01 Å². The molecule has 170 valence electrons. The summed E-state index contributed by atoms with van der Waals surface area (Å²) in [5.74, 6) is 0.196. The van der Waals surface area contributed by atoms with Crippen molar-refractivity contribution in [3.8, 4) is 11.6 Å². The van der Waals surface area contributed by atoms with Gasteiger partial charge in [0.15, 0.2) is 5.82 Å². The Labute approximate surface area is 187 Å². The fourth-order valence-electron chi connectivity index (χ4n) is 3.22. The smallest absolute Gasteiger partial charge is 0.320 e. The van der Waals surface area contributed by atoms with Gasteiger partial charge < -0.3 is 14.0 Å². The molecule has 10 nitrogen and oxygen atoms in total. The van der Waals surface area contributed by atoms with Crippen molar-refractivity contribution in [1.29, 1.82) is 0 Å². The van der Waals surface area contributed by atoms with E-state index in [1.54, 1.807) is 35.0 Å². The Kier molecular flexibility index (Phi) is 6.42. The zero-order chi connectivity index (χ0) is 23.6. The maximum Gasteiger partial charge on any atom is 0.331 e. The highest BCUT2D eigenvalue weighted by atomic mass is 16.5. The molecule has 0 radical (unpaired) electrons. The summed E-state index contributed by atoms with van der Waals surface area (Å²) in [6, 6.07) is 3.52. The van der Waals surface area contributed by atoms with Crippen molar-refractivity contribution in [2.45, 2.75) is 47.6 Å². The number of pyridine rings is 1. The van der Waals surface area contributed by atoms with Crippen molar-refractivity contribution in [2.24, 2.45) is 12.5 Å². The molecule has 0 saturated heterocycles. The van der Waals surface area contributed by atoms with Crippen LogP contribution in [0.4, 0.5) is 11.7 Å². The molecule has 10 heteroatoms. The molecule has 0 N–H and O–H groups in total. The number of carbonyl (C=O) groups is 2. The number of carbonyl (C=O) groups excluding carboxylic acids is 2. The van der Waals surface area contributed by atoms with E-state index in [1.165, 1.54) is 11.1 Å². The van der Waals surface area contributed by atoms with Gasteiger partial charge in [0.2, 0.25) is 11.7 Å². The maximum absolute atomic E-state index is 13.2. The Morgan fingerprint density at radius 2 is 1.94 bits per heavy atom. The average Bonchev–Trinajstić information content (AvgIpc) is 3.35. The quantitative estimate of drug-likeness (QED) is 0.579. The van der Waals surface area contributed by atoms with Crippen LogP contribution in [0.1, 0.15) is 52.0 Å². The molecule has 0 fully saturated rings. The van der Waals surface area contributed by atoms with Crippen molar-refractivity contribution < 1.29 is 14.1 Å². The Bertz CT molecular complexity index is 1100. The van der Waals surface area contributed by atoms with Crippen LogP contribution in [0.3, 0.4) is 0 Å². The molecule has 0 aliphatic heterocycles. The second kappa shape index (κ2) is 8.89. The molecule has 0 aliphatic carbocycles. The minimum absolute atomic E-state index is 0.0938. The van der Waals surface area contributed by atoms with Gasteiger partial charge in [-0.05, 0) is 32.9 Å². The second-order valence-corrected chi connectivity index (χ2v) is 8.71. The lowest BCUT2D eigenvalue weighted by molar-refractivity contribution is -0.126. The Morgan fingerprint density at radius 1 is 1.22 bits per heavy atom. The zero-order valence-corrected chi connectivity index (χ0v) is 19.5. The molecular weight excluding hydrogens is 410 g/mol. The summed E-state index contributed by atoms with van der Waals surface area (Å²) >= 11 is 0. The van der Waals surface area contributed by atoms with E-state index in [0.717, 1.165) is 0 Å². The van der Waals surface area contributed by atoms with Gasteiger partial charge in [-0.15, -0.1) is 0 Å². The molecule has 3 aromatic heterocycles. The van der Waals surface area contributed by atoms with Crippen LogP contribution in [0.5, 0.6) is 0 Å².